The van der Waals surface area contributed by atoms with Gasteiger partial charge in [-0.25, -0.2) is 8.78 Å². The second-order valence-corrected chi connectivity index (χ2v) is 22.4. The Hall–Kier alpha value is -3.27. The predicted octanol–water partition coefficient (Wildman–Crippen LogP) is 1.70. The van der Waals surface area contributed by atoms with E-state index in [1.165, 1.54) is 47.1 Å². The van der Waals surface area contributed by atoms with E-state index in [1.54, 1.807) is 25.7 Å². The molecule has 17 nitrogen and oxygen atoms in total. The molecule has 0 aromatic rings. The second kappa shape index (κ2) is 20.0. The van der Waals surface area contributed by atoms with E-state index >= 15 is 8.78 Å². The van der Waals surface area contributed by atoms with Crippen molar-refractivity contribution in [2.75, 3.05) is 46.9 Å². The van der Waals surface area contributed by atoms with Crippen LogP contribution in [-0.4, -0.2) is 177 Å². The highest BCUT2D eigenvalue weighted by Crippen LogP contribution is 2.74. The fourth-order valence-electron chi connectivity index (χ4n) is 14.1. The lowest BCUT2D eigenvalue weighted by Gasteiger charge is -2.63. The summed E-state index contributed by atoms with van der Waals surface area (Å²) >= 11 is 0. The van der Waals surface area contributed by atoms with Crippen LogP contribution in [0, 0.1) is 51.8 Å². The molecule has 2 aliphatic heterocycles. The van der Waals surface area contributed by atoms with Crippen LogP contribution in [0.15, 0.2) is 23.8 Å². The average molecular weight is 982 g/mol. The number of carbonyl (C=O) groups excluding carboxylic acids is 5. The molecule has 2 heterocycles. The van der Waals surface area contributed by atoms with Crippen molar-refractivity contribution in [1.82, 2.24) is 9.80 Å². The van der Waals surface area contributed by atoms with Gasteiger partial charge in [0.1, 0.15) is 24.2 Å². The number of allylic oxidation sites excluding steroid dienone is 4. The van der Waals surface area contributed by atoms with E-state index in [1.807, 2.05) is 11.8 Å². The lowest BCUT2D eigenvalue weighted by atomic mass is 9.43. The van der Waals surface area contributed by atoms with Gasteiger partial charge in [0.05, 0.1) is 56.0 Å². The van der Waals surface area contributed by atoms with Crippen LogP contribution in [0.25, 0.3) is 0 Å². The van der Waals surface area contributed by atoms with Crippen LogP contribution in [0.5, 0.6) is 0 Å². The molecule has 0 amide bonds. The van der Waals surface area contributed by atoms with E-state index in [0.717, 1.165) is 6.08 Å². The summed E-state index contributed by atoms with van der Waals surface area (Å²) in [6, 6.07) is -0.921. The maximum atomic E-state index is 18.0. The number of halogens is 2. The third kappa shape index (κ3) is 9.39. The highest BCUT2D eigenvalue weighted by Gasteiger charge is 2.77. The van der Waals surface area contributed by atoms with E-state index in [0.29, 0.717) is 0 Å². The first kappa shape index (κ1) is 55.1. The molecule has 69 heavy (non-hydrogen) atoms. The molecule has 4 aliphatic carbocycles. The molecule has 0 aromatic carbocycles. The van der Waals surface area contributed by atoms with Crippen molar-refractivity contribution < 1.29 is 77.6 Å². The van der Waals surface area contributed by atoms with Crippen LogP contribution in [0.1, 0.15) is 99.8 Å². The molecule has 390 valence electrons. The van der Waals surface area contributed by atoms with Crippen LogP contribution >= 0.6 is 0 Å². The largest absolute Gasteiger partial charge is 0.469 e. The molecule has 0 radical (unpaired) electrons. The number of aliphatic hydroxyl groups is 6. The number of Topliss-reactive ketones (excluding diaryl/α,β-unsaturated/α-hetero) is 1. The fourth-order valence-corrected chi connectivity index (χ4v) is 14.1. The number of esters is 3. The molecule has 3 saturated carbocycles. The molecule has 3 unspecified atom stereocenters. The summed E-state index contributed by atoms with van der Waals surface area (Å²) in [6.45, 7) is 11.5. The predicted molar refractivity (Wildman–Crippen MR) is 245 cm³/mol. The lowest BCUT2D eigenvalue weighted by Crippen LogP contribution is -2.74. The number of hydrogen-bond donors (Lipinski definition) is 7. The van der Waals surface area contributed by atoms with Gasteiger partial charge in [-0.05, 0) is 93.8 Å². The molecule has 19 heteroatoms. The highest BCUT2D eigenvalue weighted by molar-refractivity contribution is 6.01. The Morgan fingerprint density at radius 3 is 2.25 bits per heavy atom. The molecule has 6 rings (SSSR count). The quantitative estimate of drug-likeness (QED) is 0.0883. The molecule has 2 saturated heterocycles. The standard InChI is InChI=1S/C50H77F2N3O14/c1-10-39-50(53,66)42(62)41-29(24-55(41)22-26(2)19-47(7,65)37(59)18-36(58)28(4)43(63)69-39)23-54(25-40(61)67-8)14-12-31(57)20-48(44(64)68-9)27(3)15-32-33-17-35(51)34-16-30(56)11-13-45(34,5)49(33,52)38(60)21-46(32,48)6/h11,13,16,26-29,32-33,35-39,41-42,58-60,62,65-66H,10,12,14-15,17-25,53H2,1-9H3/t26-,27-,28-,29?,32?,33?,35+,36+,37-,38+,39-,41-,42-,45+,46+,47-,48-,49+,50-/m1/s1. The number of fused-ring (bicyclic) bond motifs is 6. The Bertz CT molecular complexity index is 2040. The number of ether oxygens (including phenoxy) is 3. The Morgan fingerprint density at radius 1 is 0.957 bits per heavy atom. The molecule has 0 aromatic heterocycles. The van der Waals surface area contributed by atoms with Crippen LogP contribution < -0.4 is 5.73 Å². The molecule has 8 N–H and O–H groups in total. The van der Waals surface area contributed by atoms with Crippen LogP contribution in [0.2, 0.25) is 0 Å². The first-order chi connectivity index (χ1) is 32.0. The summed E-state index contributed by atoms with van der Waals surface area (Å²) < 4.78 is 50.2. The van der Waals surface area contributed by atoms with Crippen LogP contribution in [0.3, 0.4) is 0 Å². The number of nitrogens with two attached hydrogens (primary N) is 1. The van der Waals surface area contributed by atoms with Gasteiger partial charge in [-0.3, -0.25) is 39.5 Å². The van der Waals surface area contributed by atoms with E-state index in [9.17, 15) is 54.6 Å². The smallest absolute Gasteiger partial charge is 0.319 e. The number of carbonyl (C=O) groups is 5. The Morgan fingerprint density at radius 2 is 1.62 bits per heavy atom. The van der Waals surface area contributed by atoms with Crippen molar-refractivity contribution in [3.63, 3.8) is 0 Å². The highest BCUT2D eigenvalue weighted by atomic mass is 19.1. The first-order valence-electron chi connectivity index (χ1n) is 24.6. The summed E-state index contributed by atoms with van der Waals surface area (Å²) in [6.07, 6.45) is -7.04. The molecule has 5 fully saturated rings. The van der Waals surface area contributed by atoms with E-state index in [4.69, 9.17) is 19.9 Å². The topological polar surface area (TPSA) is 267 Å². The Kier molecular flexibility index (Phi) is 15.9. The van der Waals surface area contributed by atoms with Crippen molar-refractivity contribution in [3.05, 3.63) is 23.8 Å². The fraction of sp³-hybridized carbons (Fsp3) is 0.820. The summed E-state index contributed by atoms with van der Waals surface area (Å²) in [5.74, 6) is -7.55. The molecule has 0 spiro atoms. The Labute approximate surface area is 403 Å². The number of aliphatic hydroxyl groups excluding tert-OH is 4. The lowest BCUT2D eigenvalue weighted by molar-refractivity contribution is -0.217. The molecule has 6 aliphatic rings. The SMILES string of the molecule is CC[C@H]1OC(=O)[C@H](C)[C@@H](O)C[C@@H](O)[C@](C)(O)C[C@@H](C)CN2CC(CN(CCC(=O)C[C@]3(C(=O)OC)[C@H](C)CC4C5C[C@H](F)C6=CC(=O)C=C[C@]6(C)[C@@]5(F)[C@@H](O)C[C@@]43C)CC(=O)OC)[C@@H]2[C@@H](O)[C@]1(N)O. The van der Waals surface area contributed by atoms with Gasteiger partial charge in [0.25, 0.3) is 0 Å². The van der Waals surface area contributed by atoms with Gasteiger partial charge >= 0.3 is 17.9 Å². The maximum absolute atomic E-state index is 18.0. The van der Waals surface area contributed by atoms with Crippen molar-refractivity contribution in [1.29, 1.82) is 0 Å². The maximum Gasteiger partial charge on any atom is 0.319 e. The third-order valence-corrected chi connectivity index (χ3v) is 18.0. The number of ketones is 2. The molecular formula is C50H77F2N3O14. The minimum Gasteiger partial charge on any atom is -0.469 e. The van der Waals surface area contributed by atoms with Crippen LogP contribution in [-0.2, 0) is 38.2 Å². The number of cyclic esters (lactones) is 1. The third-order valence-electron chi connectivity index (χ3n) is 18.0. The summed E-state index contributed by atoms with van der Waals surface area (Å²) in [5, 5.41) is 69.0. The Balaban J connectivity index is 1.25. The first-order valence-corrected chi connectivity index (χ1v) is 24.6. The average Bonchev–Trinajstić information content (AvgIpc) is 3.48. The van der Waals surface area contributed by atoms with Gasteiger partial charge in [-0.15, -0.1) is 0 Å². The van der Waals surface area contributed by atoms with E-state index in [-0.39, 0.29) is 95.6 Å². The number of nitrogens with zero attached hydrogens (tertiary/aromatic N) is 2. The number of methoxy groups -OCH3 is 2. The number of alkyl halides is 2. The molecule has 19 atom stereocenters. The monoisotopic (exact) mass is 982 g/mol. The minimum atomic E-state index is -2.53. The zero-order chi connectivity index (χ0) is 51.6. The summed E-state index contributed by atoms with van der Waals surface area (Å²) in [5.41, 5.74) is -4.60. The van der Waals surface area contributed by atoms with Crippen molar-refractivity contribution in [3.8, 4) is 0 Å². The van der Waals surface area contributed by atoms with Gasteiger partial charge < -0.3 is 44.8 Å². The summed E-state index contributed by atoms with van der Waals surface area (Å²) in [4.78, 5) is 70.8. The number of rotatable bonds is 11. The van der Waals surface area contributed by atoms with Gasteiger partial charge in [0.2, 0.25) is 0 Å². The zero-order valence-corrected chi connectivity index (χ0v) is 41.6. The van der Waals surface area contributed by atoms with Gasteiger partial charge in [0.15, 0.2) is 17.2 Å². The van der Waals surface area contributed by atoms with Crippen LogP contribution in [0.4, 0.5) is 8.78 Å². The van der Waals surface area contributed by atoms with E-state index in [2.05, 4.69) is 0 Å². The number of hydrogen-bond acceptors (Lipinski definition) is 17. The van der Waals surface area contributed by atoms with Gasteiger partial charge in [-0.2, -0.15) is 0 Å². The van der Waals surface area contributed by atoms with Crippen molar-refractivity contribution in [2.24, 2.45) is 57.5 Å². The molecule has 0 bridgehead atoms. The van der Waals surface area contributed by atoms with Gasteiger partial charge in [-0.1, -0.05) is 33.8 Å². The molecular weight excluding hydrogens is 905 g/mol. The minimum absolute atomic E-state index is 0.0277. The zero-order valence-electron chi connectivity index (χ0n) is 41.6. The summed E-state index contributed by atoms with van der Waals surface area (Å²) in [7, 11) is 2.40. The van der Waals surface area contributed by atoms with Crippen molar-refractivity contribution in [2.45, 2.75) is 160 Å². The van der Waals surface area contributed by atoms with Gasteiger partial charge in [0, 0.05) is 68.7 Å². The van der Waals surface area contributed by atoms with E-state index < -0.39 is 135 Å². The normalized spacial score (nSPS) is 46.1. The second-order valence-electron chi connectivity index (χ2n) is 22.4. The van der Waals surface area contributed by atoms with Crippen molar-refractivity contribution >= 4 is 29.5 Å².